The molecule has 1 aromatic heterocycles. The first-order chi connectivity index (χ1) is 8.47. The number of nitrogens with zero attached hydrogens (tertiary/aromatic N) is 2. The smallest absolute Gasteiger partial charge is 0.116 e. The van der Waals surface area contributed by atoms with E-state index in [1.54, 1.807) is 18.0 Å². The Balaban J connectivity index is 2.43. The van der Waals surface area contributed by atoms with Crippen molar-refractivity contribution in [3.8, 4) is 11.3 Å². The molecule has 0 fully saturated rings. The number of halogens is 1. The van der Waals surface area contributed by atoms with Gasteiger partial charge >= 0.3 is 0 Å². The predicted molar refractivity (Wildman–Crippen MR) is 78.1 cm³/mol. The van der Waals surface area contributed by atoms with E-state index in [9.17, 15) is 0 Å². The lowest BCUT2D eigenvalue weighted by Crippen LogP contribution is -2.06. The van der Waals surface area contributed by atoms with Crippen LogP contribution in [0, 0.1) is 0 Å². The van der Waals surface area contributed by atoms with E-state index in [1.807, 2.05) is 24.3 Å². The van der Waals surface area contributed by atoms with Crippen molar-refractivity contribution in [2.45, 2.75) is 30.4 Å². The van der Waals surface area contributed by atoms with E-state index in [0.29, 0.717) is 0 Å². The van der Waals surface area contributed by atoms with Crippen LogP contribution >= 0.6 is 23.4 Å². The van der Waals surface area contributed by atoms with Gasteiger partial charge in [-0.3, -0.25) is 0 Å². The van der Waals surface area contributed by atoms with Crippen molar-refractivity contribution in [2.24, 2.45) is 0 Å². The molecule has 0 aliphatic heterocycles. The van der Waals surface area contributed by atoms with Crippen molar-refractivity contribution in [3.05, 3.63) is 41.8 Å². The van der Waals surface area contributed by atoms with Crippen LogP contribution in [-0.2, 0) is 0 Å². The van der Waals surface area contributed by atoms with Crippen molar-refractivity contribution in [3.63, 3.8) is 0 Å². The molecule has 4 heteroatoms. The normalized spacial score (nSPS) is 11.6. The van der Waals surface area contributed by atoms with Gasteiger partial charge in [0.1, 0.15) is 6.33 Å². The highest BCUT2D eigenvalue weighted by molar-refractivity contribution is 8.00. The number of rotatable bonds is 2. The molecule has 1 aromatic carbocycles. The largest absolute Gasteiger partial charge is 0.245 e. The molecule has 94 valence electrons. The fraction of sp³-hybridized carbons (Fsp3) is 0.286. The second-order valence-corrected chi connectivity index (χ2v) is 7.17. The molecule has 0 saturated carbocycles. The summed E-state index contributed by atoms with van der Waals surface area (Å²) in [5.41, 5.74) is 1.81. The summed E-state index contributed by atoms with van der Waals surface area (Å²) in [7, 11) is 0. The van der Waals surface area contributed by atoms with Gasteiger partial charge in [0.15, 0.2) is 0 Å². The van der Waals surface area contributed by atoms with Crippen LogP contribution in [0.2, 0.25) is 5.02 Å². The third-order valence-corrected chi connectivity index (χ3v) is 3.93. The van der Waals surface area contributed by atoms with Crippen LogP contribution < -0.4 is 0 Å². The minimum Gasteiger partial charge on any atom is -0.245 e. The van der Waals surface area contributed by atoms with Crippen molar-refractivity contribution in [1.29, 1.82) is 0 Å². The summed E-state index contributed by atoms with van der Waals surface area (Å²) in [4.78, 5) is 9.25. The fourth-order valence-corrected chi connectivity index (χ4v) is 2.91. The van der Waals surface area contributed by atoms with Crippen molar-refractivity contribution in [1.82, 2.24) is 9.97 Å². The van der Waals surface area contributed by atoms with E-state index in [4.69, 9.17) is 11.6 Å². The van der Waals surface area contributed by atoms with Gasteiger partial charge in [-0.1, -0.05) is 44.5 Å². The van der Waals surface area contributed by atoms with E-state index in [1.165, 1.54) is 6.33 Å². The molecule has 0 spiro atoms. The molecule has 2 rings (SSSR count). The highest BCUT2D eigenvalue weighted by Crippen LogP contribution is 2.40. The fourth-order valence-electron chi connectivity index (χ4n) is 1.57. The molecular weight excluding hydrogens is 264 g/mol. The summed E-state index contributed by atoms with van der Waals surface area (Å²) in [5, 5.41) is 0.760. The van der Waals surface area contributed by atoms with Gasteiger partial charge in [0.25, 0.3) is 0 Å². The Labute approximate surface area is 117 Å². The zero-order chi connectivity index (χ0) is 13.2. The lowest BCUT2D eigenvalue weighted by Gasteiger charge is -2.19. The molecule has 2 nitrogen and oxygen atoms in total. The topological polar surface area (TPSA) is 25.8 Å². The zero-order valence-electron chi connectivity index (χ0n) is 10.6. The van der Waals surface area contributed by atoms with E-state index in [0.717, 1.165) is 21.2 Å². The maximum absolute atomic E-state index is 6.47. The Morgan fingerprint density at radius 1 is 1.17 bits per heavy atom. The van der Waals surface area contributed by atoms with Crippen molar-refractivity contribution < 1.29 is 0 Å². The first-order valence-corrected chi connectivity index (χ1v) is 6.91. The van der Waals surface area contributed by atoms with E-state index in [-0.39, 0.29) is 4.75 Å². The van der Waals surface area contributed by atoms with Crippen LogP contribution in [0.1, 0.15) is 20.8 Å². The second-order valence-electron chi connectivity index (χ2n) is 4.93. The van der Waals surface area contributed by atoms with E-state index >= 15 is 0 Å². The Morgan fingerprint density at radius 3 is 2.56 bits per heavy atom. The van der Waals surface area contributed by atoms with E-state index in [2.05, 4.69) is 30.7 Å². The summed E-state index contributed by atoms with van der Waals surface area (Å²) in [6, 6.07) is 7.91. The Bertz CT molecular complexity index is 535. The molecule has 0 bridgehead atoms. The zero-order valence-corrected chi connectivity index (χ0v) is 12.2. The van der Waals surface area contributed by atoms with Crippen LogP contribution in [0.3, 0.4) is 0 Å². The Hall–Kier alpha value is -1.06. The van der Waals surface area contributed by atoms with Crippen LogP contribution in [0.4, 0.5) is 0 Å². The molecule has 0 unspecified atom stereocenters. The van der Waals surface area contributed by atoms with Gasteiger partial charge in [0, 0.05) is 21.4 Å². The molecule has 0 aliphatic carbocycles. The SMILES string of the molecule is CC(C)(C)Sc1cccc(-c2ccncn2)c1Cl. The van der Waals surface area contributed by atoms with Crippen molar-refractivity contribution in [2.75, 3.05) is 0 Å². The Kier molecular flexibility index (Phi) is 3.93. The summed E-state index contributed by atoms with van der Waals surface area (Å²) < 4.78 is 0.133. The highest BCUT2D eigenvalue weighted by atomic mass is 35.5. The quantitative estimate of drug-likeness (QED) is 0.746. The lowest BCUT2D eigenvalue weighted by atomic mass is 10.1. The third kappa shape index (κ3) is 3.24. The molecule has 0 radical (unpaired) electrons. The average molecular weight is 279 g/mol. The molecule has 0 aliphatic rings. The number of hydrogen-bond donors (Lipinski definition) is 0. The molecular formula is C14H15ClN2S. The maximum Gasteiger partial charge on any atom is 0.116 e. The average Bonchev–Trinajstić information content (AvgIpc) is 2.31. The second kappa shape index (κ2) is 5.29. The number of benzene rings is 1. The van der Waals surface area contributed by atoms with Gasteiger partial charge in [0.05, 0.1) is 10.7 Å². The molecule has 0 saturated heterocycles. The van der Waals surface area contributed by atoms with E-state index < -0.39 is 0 Å². The molecule has 0 atom stereocenters. The monoisotopic (exact) mass is 278 g/mol. The van der Waals surface area contributed by atoms with Crippen LogP contribution in [-0.4, -0.2) is 14.7 Å². The third-order valence-electron chi connectivity index (χ3n) is 2.24. The summed E-state index contributed by atoms with van der Waals surface area (Å²) in [6.07, 6.45) is 3.26. The molecule has 18 heavy (non-hydrogen) atoms. The van der Waals surface area contributed by atoms with Gasteiger partial charge in [-0.2, -0.15) is 0 Å². The number of hydrogen-bond acceptors (Lipinski definition) is 3. The standard InChI is InChI=1S/C14H15ClN2S/c1-14(2,3)18-12-6-4-5-10(13(12)15)11-7-8-16-9-17-11/h4-9H,1-3H3. The first kappa shape index (κ1) is 13.4. The lowest BCUT2D eigenvalue weighted by molar-refractivity contribution is 0.803. The van der Waals surface area contributed by atoms with Crippen LogP contribution in [0.15, 0.2) is 41.7 Å². The minimum atomic E-state index is 0.133. The molecule has 0 N–H and O–H groups in total. The predicted octanol–water partition coefficient (Wildman–Crippen LogP) is 4.69. The first-order valence-electron chi connectivity index (χ1n) is 5.71. The molecule has 0 amide bonds. The van der Waals surface area contributed by atoms with Gasteiger partial charge in [-0.05, 0) is 12.1 Å². The van der Waals surface area contributed by atoms with Gasteiger partial charge in [-0.25, -0.2) is 9.97 Å². The number of aromatic nitrogens is 2. The summed E-state index contributed by atoms with van der Waals surface area (Å²) >= 11 is 8.23. The minimum absolute atomic E-state index is 0.133. The highest BCUT2D eigenvalue weighted by Gasteiger charge is 2.16. The Morgan fingerprint density at radius 2 is 1.94 bits per heavy atom. The van der Waals surface area contributed by atoms with Gasteiger partial charge in [0.2, 0.25) is 0 Å². The van der Waals surface area contributed by atoms with Crippen LogP contribution in [0.25, 0.3) is 11.3 Å². The van der Waals surface area contributed by atoms with Gasteiger partial charge < -0.3 is 0 Å². The van der Waals surface area contributed by atoms with Crippen molar-refractivity contribution >= 4 is 23.4 Å². The summed E-state index contributed by atoms with van der Waals surface area (Å²) in [6.45, 7) is 6.52. The van der Waals surface area contributed by atoms with Gasteiger partial charge in [-0.15, -0.1) is 11.8 Å². The molecule has 2 aromatic rings. The van der Waals surface area contributed by atoms with Crippen LogP contribution in [0.5, 0.6) is 0 Å². The molecule has 1 heterocycles. The summed E-state index contributed by atoms with van der Waals surface area (Å²) in [5.74, 6) is 0. The number of thioether (sulfide) groups is 1. The maximum atomic E-state index is 6.47.